The Labute approximate surface area is 128 Å². The Morgan fingerprint density at radius 1 is 1.18 bits per heavy atom. The molecule has 1 saturated heterocycles. The Kier molecular flexibility index (Phi) is 3.66. The molecule has 1 aromatic carbocycles. The number of anilines is 1. The van der Waals surface area contributed by atoms with E-state index in [4.69, 9.17) is 0 Å². The van der Waals surface area contributed by atoms with Crippen LogP contribution < -0.4 is 4.90 Å². The van der Waals surface area contributed by atoms with Crippen molar-refractivity contribution in [1.82, 2.24) is 14.7 Å². The highest BCUT2D eigenvalue weighted by molar-refractivity contribution is 6.19. The van der Waals surface area contributed by atoms with Crippen molar-refractivity contribution in [2.45, 2.75) is 20.4 Å². The first-order valence-corrected chi connectivity index (χ1v) is 7.30. The number of aryl methyl sites for hydroxylation is 1. The molecule has 3 rings (SSSR count). The van der Waals surface area contributed by atoms with Crippen molar-refractivity contribution in [1.29, 1.82) is 0 Å². The van der Waals surface area contributed by atoms with Crippen molar-refractivity contribution in [3.05, 3.63) is 47.7 Å². The van der Waals surface area contributed by atoms with Crippen molar-refractivity contribution in [2.75, 3.05) is 18.0 Å². The van der Waals surface area contributed by atoms with Gasteiger partial charge in [-0.15, -0.1) is 0 Å². The second kappa shape index (κ2) is 5.63. The quantitative estimate of drug-likeness (QED) is 0.812. The second-order valence-corrected chi connectivity index (χ2v) is 5.31. The van der Waals surface area contributed by atoms with Crippen molar-refractivity contribution in [2.24, 2.45) is 0 Å². The zero-order valence-corrected chi connectivity index (χ0v) is 12.7. The van der Waals surface area contributed by atoms with Gasteiger partial charge in [-0.1, -0.05) is 30.3 Å². The summed E-state index contributed by atoms with van der Waals surface area (Å²) in [5, 5.41) is 4.42. The van der Waals surface area contributed by atoms with Gasteiger partial charge >= 0.3 is 6.03 Å². The maximum atomic E-state index is 12.4. The van der Waals surface area contributed by atoms with E-state index in [1.54, 1.807) is 10.7 Å². The van der Waals surface area contributed by atoms with Crippen molar-refractivity contribution in [3.8, 4) is 0 Å². The lowest BCUT2D eigenvalue weighted by atomic mass is 10.2. The Morgan fingerprint density at radius 2 is 1.91 bits per heavy atom. The lowest BCUT2D eigenvalue weighted by Crippen LogP contribution is -2.34. The third-order valence-electron chi connectivity index (χ3n) is 3.70. The van der Waals surface area contributed by atoms with Gasteiger partial charge in [-0.2, -0.15) is 5.10 Å². The lowest BCUT2D eigenvalue weighted by molar-refractivity contribution is -0.116. The van der Waals surface area contributed by atoms with Gasteiger partial charge in [-0.25, -0.2) is 14.4 Å². The number of likely N-dealkylation sites (N-methyl/N-ethyl adjacent to an activating group) is 1. The van der Waals surface area contributed by atoms with Crippen LogP contribution in [-0.2, 0) is 11.3 Å². The average Bonchev–Trinajstić information content (AvgIpc) is 2.99. The fraction of sp³-hybridized carbons (Fsp3) is 0.312. The van der Waals surface area contributed by atoms with Gasteiger partial charge in [0.2, 0.25) is 0 Å². The first-order chi connectivity index (χ1) is 10.6. The highest BCUT2D eigenvalue weighted by Crippen LogP contribution is 2.23. The van der Waals surface area contributed by atoms with Gasteiger partial charge in [0.25, 0.3) is 5.91 Å². The van der Waals surface area contributed by atoms with Crippen LogP contribution in [0.1, 0.15) is 18.2 Å². The van der Waals surface area contributed by atoms with E-state index < -0.39 is 0 Å². The van der Waals surface area contributed by atoms with E-state index in [1.807, 2.05) is 44.2 Å². The van der Waals surface area contributed by atoms with Crippen molar-refractivity contribution < 1.29 is 9.59 Å². The summed E-state index contributed by atoms with van der Waals surface area (Å²) in [4.78, 5) is 27.3. The second-order valence-electron chi connectivity index (χ2n) is 5.31. The van der Waals surface area contributed by atoms with Gasteiger partial charge in [0.05, 0.1) is 12.2 Å². The molecule has 6 nitrogen and oxygen atoms in total. The van der Waals surface area contributed by atoms with E-state index in [0.717, 1.165) is 11.3 Å². The molecule has 2 heterocycles. The van der Waals surface area contributed by atoms with Gasteiger partial charge in [-0.05, 0) is 19.4 Å². The third kappa shape index (κ3) is 2.47. The number of carbonyl (C=O) groups is 2. The molecule has 0 spiro atoms. The summed E-state index contributed by atoms with van der Waals surface area (Å²) in [6, 6.07) is 11.3. The van der Waals surface area contributed by atoms with Crippen LogP contribution in [-0.4, -0.2) is 39.7 Å². The van der Waals surface area contributed by atoms with Gasteiger partial charge in [0.1, 0.15) is 12.4 Å². The summed E-state index contributed by atoms with van der Waals surface area (Å²) in [6.45, 7) is 4.89. The fourth-order valence-corrected chi connectivity index (χ4v) is 2.61. The molecule has 1 aliphatic heterocycles. The van der Waals surface area contributed by atoms with Crippen LogP contribution in [0.5, 0.6) is 0 Å². The van der Waals surface area contributed by atoms with E-state index >= 15 is 0 Å². The minimum atomic E-state index is -0.276. The number of hydrogen-bond donors (Lipinski definition) is 0. The number of hydrogen-bond acceptors (Lipinski definition) is 3. The SMILES string of the molecule is CCN1CC(=O)N(c2cc(C)nn2Cc2ccccc2)C1=O. The number of urea groups is 1. The molecule has 0 aliphatic carbocycles. The number of amides is 3. The van der Waals surface area contributed by atoms with Crippen LogP contribution in [0.3, 0.4) is 0 Å². The summed E-state index contributed by atoms with van der Waals surface area (Å²) in [6.07, 6.45) is 0. The molecule has 2 aromatic rings. The maximum Gasteiger partial charge on any atom is 0.333 e. The predicted octanol–water partition coefficient (Wildman–Crippen LogP) is 2.03. The minimum absolute atomic E-state index is 0.130. The molecule has 22 heavy (non-hydrogen) atoms. The first-order valence-electron chi connectivity index (χ1n) is 7.30. The molecule has 1 aliphatic rings. The Hall–Kier alpha value is -2.63. The van der Waals surface area contributed by atoms with Gasteiger partial charge in [0.15, 0.2) is 0 Å². The van der Waals surface area contributed by atoms with Crippen LogP contribution in [0.4, 0.5) is 10.6 Å². The van der Waals surface area contributed by atoms with Gasteiger partial charge < -0.3 is 4.90 Å². The largest absolute Gasteiger partial charge is 0.333 e. The summed E-state index contributed by atoms with van der Waals surface area (Å²) in [5.41, 5.74) is 1.85. The van der Waals surface area contributed by atoms with Crippen LogP contribution in [0.2, 0.25) is 0 Å². The van der Waals surface area contributed by atoms with Gasteiger partial charge in [0, 0.05) is 12.6 Å². The average molecular weight is 298 g/mol. The summed E-state index contributed by atoms with van der Waals surface area (Å²) >= 11 is 0. The molecule has 0 N–H and O–H groups in total. The predicted molar refractivity (Wildman–Crippen MR) is 82.6 cm³/mol. The Balaban J connectivity index is 1.95. The van der Waals surface area contributed by atoms with E-state index in [2.05, 4.69) is 5.10 Å². The van der Waals surface area contributed by atoms with E-state index in [9.17, 15) is 9.59 Å². The maximum absolute atomic E-state index is 12.4. The minimum Gasteiger partial charge on any atom is -0.315 e. The van der Waals surface area contributed by atoms with E-state index in [1.165, 1.54) is 9.80 Å². The number of nitrogens with zero attached hydrogens (tertiary/aromatic N) is 4. The summed E-state index contributed by atoms with van der Waals surface area (Å²) in [7, 11) is 0. The highest BCUT2D eigenvalue weighted by Gasteiger charge is 2.38. The van der Waals surface area contributed by atoms with Crippen LogP contribution in [0.25, 0.3) is 0 Å². The Bertz CT molecular complexity index is 708. The molecule has 0 atom stereocenters. The smallest absolute Gasteiger partial charge is 0.315 e. The third-order valence-corrected chi connectivity index (χ3v) is 3.70. The molecular formula is C16H18N4O2. The zero-order valence-electron chi connectivity index (χ0n) is 12.7. The summed E-state index contributed by atoms with van der Waals surface area (Å²) in [5.74, 6) is 0.327. The topological polar surface area (TPSA) is 58.4 Å². The molecule has 0 unspecified atom stereocenters. The molecule has 1 aromatic heterocycles. The number of imide groups is 1. The molecule has 0 radical (unpaired) electrons. The molecule has 6 heteroatoms. The summed E-state index contributed by atoms with van der Waals surface area (Å²) < 4.78 is 1.71. The zero-order chi connectivity index (χ0) is 15.7. The van der Waals surface area contributed by atoms with Crippen LogP contribution >= 0.6 is 0 Å². The number of rotatable bonds is 4. The van der Waals surface area contributed by atoms with Crippen molar-refractivity contribution in [3.63, 3.8) is 0 Å². The lowest BCUT2D eigenvalue weighted by Gasteiger charge is -2.16. The number of aromatic nitrogens is 2. The van der Waals surface area contributed by atoms with E-state index in [-0.39, 0.29) is 18.5 Å². The van der Waals surface area contributed by atoms with Crippen LogP contribution in [0.15, 0.2) is 36.4 Å². The number of carbonyl (C=O) groups excluding carboxylic acids is 2. The molecule has 0 bridgehead atoms. The number of benzene rings is 1. The monoisotopic (exact) mass is 298 g/mol. The van der Waals surface area contributed by atoms with E-state index in [0.29, 0.717) is 18.9 Å². The molecule has 3 amide bonds. The first kappa shape index (κ1) is 14.3. The molecule has 0 saturated carbocycles. The normalized spacial score (nSPS) is 15.0. The molecule has 114 valence electrons. The van der Waals surface area contributed by atoms with Crippen molar-refractivity contribution >= 4 is 17.8 Å². The highest BCUT2D eigenvalue weighted by atomic mass is 16.2. The fourth-order valence-electron chi connectivity index (χ4n) is 2.61. The molecule has 1 fully saturated rings. The Morgan fingerprint density at radius 3 is 2.55 bits per heavy atom. The molecular weight excluding hydrogens is 280 g/mol. The standard InChI is InChI=1S/C16H18N4O2/c1-3-18-11-15(21)20(16(18)22)14-9-12(2)17-19(14)10-13-7-5-4-6-8-13/h4-9H,3,10-11H2,1-2H3. The van der Waals surface area contributed by atoms with Gasteiger partial charge in [-0.3, -0.25) is 4.79 Å². The van der Waals surface area contributed by atoms with Crippen LogP contribution in [0, 0.1) is 6.92 Å².